The predicted octanol–water partition coefficient (Wildman–Crippen LogP) is 3.99. The standard InChI is InChI=1S/C16H21F6NO5/c1-8(2)11-7-23(14(27)28-11)12(24)9(3-5-15(17,18)19)10(13(25)26)4-6-16(20,21)22/h8-11H,3-7H2,1-2H3,(H,25,26). The zero-order valence-corrected chi connectivity index (χ0v) is 15.1. The summed E-state index contributed by atoms with van der Waals surface area (Å²) in [6, 6.07) is 0. The summed E-state index contributed by atoms with van der Waals surface area (Å²) < 4.78 is 80.2. The molecule has 3 unspecified atom stereocenters. The molecule has 1 rings (SSSR count). The van der Waals surface area contributed by atoms with Crippen LogP contribution >= 0.6 is 0 Å². The van der Waals surface area contributed by atoms with E-state index in [1.807, 2.05) is 0 Å². The molecule has 0 aromatic rings. The molecule has 28 heavy (non-hydrogen) atoms. The number of ether oxygens (including phenoxy) is 1. The number of rotatable bonds is 8. The van der Waals surface area contributed by atoms with Gasteiger partial charge in [0.25, 0.3) is 0 Å². The van der Waals surface area contributed by atoms with Crippen molar-refractivity contribution in [2.24, 2.45) is 17.8 Å². The van der Waals surface area contributed by atoms with Crippen LogP contribution in [0.3, 0.4) is 0 Å². The first-order chi connectivity index (χ1) is 12.6. The molecule has 0 saturated carbocycles. The van der Waals surface area contributed by atoms with Crippen LogP contribution in [-0.2, 0) is 14.3 Å². The van der Waals surface area contributed by atoms with Crippen molar-refractivity contribution in [3.8, 4) is 0 Å². The molecule has 2 amide bonds. The van der Waals surface area contributed by atoms with E-state index in [0.717, 1.165) is 0 Å². The molecular weight excluding hydrogens is 400 g/mol. The molecule has 3 atom stereocenters. The van der Waals surface area contributed by atoms with E-state index in [1.165, 1.54) is 0 Å². The number of carboxylic acids is 1. The molecule has 1 aliphatic heterocycles. The summed E-state index contributed by atoms with van der Waals surface area (Å²) in [5, 5.41) is 9.23. The van der Waals surface area contributed by atoms with Crippen molar-refractivity contribution < 1.29 is 50.6 Å². The van der Waals surface area contributed by atoms with Crippen LogP contribution in [0.5, 0.6) is 0 Å². The molecule has 6 nitrogen and oxygen atoms in total. The van der Waals surface area contributed by atoms with E-state index in [0.29, 0.717) is 4.90 Å². The maximum absolute atomic E-state index is 12.6. The van der Waals surface area contributed by atoms with Gasteiger partial charge in [0.2, 0.25) is 5.91 Å². The third-order valence-corrected chi connectivity index (χ3v) is 4.44. The number of imide groups is 1. The molecule has 0 aromatic heterocycles. The molecule has 1 N–H and O–H groups in total. The van der Waals surface area contributed by atoms with Gasteiger partial charge in [-0.3, -0.25) is 9.59 Å². The number of carbonyl (C=O) groups excluding carboxylic acids is 2. The number of amides is 2. The van der Waals surface area contributed by atoms with Crippen LogP contribution in [0.4, 0.5) is 31.1 Å². The zero-order chi connectivity index (χ0) is 21.9. The summed E-state index contributed by atoms with van der Waals surface area (Å²) in [5.74, 6) is -7.30. The van der Waals surface area contributed by atoms with Crippen molar-refractivity contribution in [3.05, 3.63) is 0 Å². The van der Waals surface area contributed by atoms with Crippen molar-refractivity contribution >= 4 is 18.0 Å². The van der Waals surface area contributed by atoms with Gasteiger partial charge in [0, 0.05) is 12.8 Å². The molecule has 1 saturated heterocycles. The lowest BCUT2D eigenvalue weighted by molar-refractivity contribution is -0.161. The average Bonchev–Trinajstić information content (AvgIpc) is 2.89. The molecule has 0 aliphatic carbocycles. The topological polar surface area (TPSA) is 83.9 Å². The molecule has 0 aromatic carbocycles. The Balaban J connectivity index is 3.09. The van der Waals surface area contributed by atoms with Gasteiger partial charge in [-0.2, -0.15) is 26.3 Å². The number of nitrogens with zero attached hydrogens (tertiary/aromatic N) is 1. The van der Waals surface area contributed by atoms with Gasteiger partial charge >= 0.3 is 24.4 Å². The molecule has 1 aliphatic rings. The lowest BCUT2D eigenvalue weighted by atomic mass is 9.83. The number of cyclic esters (lactones) is 1. The Labute approximate surface area is 156 Å². The average molecular weight is 421 g/mol. The van der Waals surface area contributed by atoms with E-state index in [2.05, 4.69) is 0 Å². The maximum atomic E-state index is 12.6. The van der Waals surface area contributed by atoms with Crippen LogP contribution in [0, 0.1) is 17.8 Å². The number of halogens is 6. The third kappa shape index (κ3) is 7.19. The molecule has 0 spiro atoms. The van der Waals surface area contributed by atoms with Crippen molar-refractivity contribution in [2.45, 2.75) is 58.0 Å². The Morgan fingerprint density at radius 1 is 1.07 bits per heavy atom. The molecular formula is C16H21F6NO5. The van der Waals surface area contributed by atoms with E-state index in [1.54, 1.807) is 13.8 Å². The quantitative estimate of drug-likeness (QED) is 0.599. The number of carboxylic acid groups (broad SMARTS) is 1. The highest BCUT2D eigenvalue weighted by molar-refractivity contribution is 5.96. The minimum atomic E-state index is -4.75. The fourth-order valence-corrected chi connectivity index (χ4v) is 2.84. The summed E-state index contributed by atoms with van der Waals surface area (Å²) in [4.78, 5) is 36.4. The number of hydrogen-bond acceptors (Lipinski definition) is 4. The predicted molar refractivity (Wildman–Crippen MR) is 82.0 cm³/mol. The first kappa shape index (κ1) is 24.0. The number of alkyl halides is 6. The summed E-state index contributed by atoms with van der Waals surface area (Å²) in [6.45, 7) is 3.02. The minimum Gasteiger partial charge on any atom is -0.481 e. The smallest absolute Gasteiger partial charge is 0.417 e. The normalized spacial score (nSPS) is 20.2. The summed E-state index contributed by atoms with van der Waals surface area (Å²) in [6.07, 6.45) is -16.7. The molecule has 1 heterocycles. The highest BCUT2D eigenvalue weighted by Gasteiger charge is 2.45. The van der Waals surface area contributed by atoms with E-state index in [-0.39, 0.29) is 12.5 Å². The van der Waals surface area contributed by atoms with E-state index in [4.69, 9.17) is 4.74 Å². The monoisotopic (exact) mass is 421 g/mol. The fraction of sp³-hybridized carbons (Fsp3) is 0.812. The van der Waals surface area contributed by atoms with Crippen LogP contribution < -0.4 is 0 Å². The lowest BCUT2D eigenvalue weighted by Crippen LogP contribution is -2.43. The highest BCUT2D eigenvalue weighted by Crippen LogP contribution is 2.34. The van der Waals surface area contributed by atoms with Crippen LogP contribution in [-0.4, -0.2) is 53.0 Å². The Morgan fingerprint density at radius 3 is 1.89 bits per heavy atom. The molecule has 1 fully saturated rings. The SMILES string of the molecule is CC(C)C1CN(C(=O)C(CCC(F)(F)F)C(CCC(F)(F)F)C(=O)O)C(=O)O1. The van der Waals surface area contributed by atoms with Crippen LogP contribution in [0.25, 0.3) is 0 Å². The van der Waals surface area contributed by atoms with Gasteiger partial charge in [-0.25, -0.2) is 9.69 Å². The van der Waals surface area contributed by atoms with Crippen LogP contribution in [0.1, 0.15) is 39.5 Å². The molecule has 0 radical (unpaired) electrons. The second-order valence-corrected chi connectivity index (χ2v) is 6.97. The highest BCUT2D eigenvalue weighted by atomic mass is 19.4. The first-order valence-electron chi connectivity index (χ1n) is 8.50. The third-order valence-electron chi connectivity index (χ3n) is 4.44. The fourth-order valence-electron chi connectivity index (χ4n) is 2.84. The van der Waals surface area contributed by atoms with Gasteiger partial charge in [-0.1, -0.05) is 13.8 Å². The van der Waals surface area contributed by atoms with Gasteiger partial charge in [-0.05, 0) is 18.8 Å². The molecule has 0 bridgehead atoms. The second kappa shape index (κ2) is 8.99. The van der Waals surface area contributed by atoms with Gasteiger partial charge < -0.3 is 9.84 Å². The van der Waals surface area contributed by atoms with E-state index >= 15 is 0 Å². The summed E-state index contributed by atoms with van der Waals surface area (Å²) in [7, 11) is 0. The van der Waals surface area contributed by atoms with Gasteiger partial charge in [-0.15, -0.1) is 0 Å². The maximum Gasteiger partial charge on any atom is 0.417 e. The van der Waals surface area contributed by atoms with Crippen molar-refractivity contribution in [3.63, 3.8) is 0 Å². The Morgan fingerprint density at radius 2 is 1.54 bits per heavy atom. The lowest BCUT2D eigenvalue weighted by Gasteiger charge is -2.26. The Bertz CT molecular complexity index is 589. The van der Waals surface area contributed by atoms with Gasteiger partial charge in [0.15, 0.2) is 0 Å². The van der Waals surface area contributed by atoms with Crippen molar-refractivity contribution in [2.75, 3.05) is 6.54 Å². The molecule has 12 heteroatoms. The summed E-state index contributed by atoms with van der Waals surface area (Å²) in [5.41, 5.74) is 0. The van der Waals surface area contributed by atoms with E-state index < -0.39 is 73.9 Å². The van der Waals surface area contributed by atoms with Crippen LogP contribution in [0.2, 0.25) is 0 Å². The van der Waals surface area contributed by atoms with Crippen molar-refractivity contribution in [1.29, 1.82) is 0 Å². The molecule has 162 valence electrons. The van der Waals surface area contributed by atoms with E-state index in [9.17, 15) is 45.8 Å². The largest absolute Gasteiger partial charge is 0.481 e. The minimum absolute atomic E-state index is 0.226. The van der Waals surface area contributed by atoms with Gasteiger partial charge in [0.05, 0.1) is 18.4 Å². The number of carbonyl (C=O) groups is 3. The zero-order valence-electron chi connectivity index (χ0n) is 15.1. The first-order valence-corrected chi connectivity index (χ1v) is 8.50. The number of hydrogen-bond donors (Lipinski definition) is 1. The Hall–Kier alpha value is -2.01. The van der Waals surface area contributed by atoms with Crippen molar-refractivity contribution in [1.82, 2.24) is 4.90 Å². The summed E-state index contributed by atoms with van der Waals surface area (Å²) >= 11 is 0. The van der Waals surface area contributed by atoms with Gasteiger partial charge in [0.1, 0.15) is 6.10 Å². The second-order valence-electron chi connectivity index (χ2n) is 6.97. The van der Waals surface area contributed by atoms with Crippen LogP contribution in [0.15, 0.2) is 0 Å². The number of aliphatic carboxylic acids is 1. The Kier molecular flexibility index (Phi) is 7.72.